The highest BCUT2D eigenvalue weighted by atomic mass is 16.4. The first-order valence-electron chi connectivity index (χ1n) is 3.99. The lowest BCUT2D eigenvalue weighted by Gasteiger charge is -2.03. The lowest BCUT2D eigenvalue weighted by Crippen LogP contribution is -2.08. The number of hydrogen-bond acceptors (Lipinski definition) is 1. The van der Waals surface area contributed by atoms with Crippen LogP contribution in [0, 0.1) is 19.3 Å². The van der Waals surface area contributed by atoms with E-state index in [4.69, 9.17) is 11.5 Å². The molecule has 0 fully saturated rings. The molecule has 0 saturated heterocycles. The maximum absolute atomic E-state index is 10.8. The maximum atomic E-state index is 10.8. The molecule has 13 heavy (non-hydrogen) atoms. The number of hydrogen-bond donors (Lipinski definition) is 1. The summed E-state index contributed by atoms with van der Waals surface area (Å²) in [6.07, 6.45) is 7.39. The molecule has 3 heteroatoms. The fraction of sp³-hybridized carbons (Fsp3) is 0.300. The summed E-state index contributed by atoms with van der Waals surface area (Å²) in [5, 5.41) is 8.86. The Hall–Kier alpha value is -1.69. The number of carboxylic acids is 1. The predicted octanol–water partition coefficient (Wildman–Crippen LogP) is 1.52. The van der Waals surface area contributed by atoms with E-state index in [0.717, 1.165) is 5.56 Å². The zero-order valence-corrected chi connectivity index (χ0v) is 7.45. The third kappa shape index (κ3) is 1.91. The van der Waals surface area contributed by atoms with Crippen molar-refractivity contribution in [2.75, 3.05) is 0 Å². The molecule has 1 N–H and O–H groups in total. The van der Waals surface area contributed by atoms with Gasteiger partial charge in [0.1, 0.15) is 5.69 Å². The molecule has 1 aromatic rings. The van der Waals surface area contributed by atoms with Crippen molar-refractivity contribution < 1.29 is 9.90 Å². The fourth-order valence-corrected chi connectivity index (χ4v) is 1.24. The molecule has 0 aliphatic heterocycles. The summed E-state index contributed by atoms with van der Waals surface area (Å²) in [5.41, 5.74) is 1.10. The van der Waals surface area contributed by atoms with Gasteiger partial charge in [0.05, 0.1) is 0 Å². The zero-order valence-electron chi connectivity index (χ0n) is 7.45. The molecule has 0 spiro atoms. The molecular formula is C10H11NO2. The van der Waals surface area contributed by atoms with E-state index >= 15 is 0 Å². The van der Waals surface area contributed by atoms with Gasteiger partial charge in [0.15, 0.2) is 0 Å². The van der Waals surface area contributed by atoms with Gasteiger partial charge in [-0.1, -0.05) is 0 Å². The summed E-state index contributed by atoms with van der Waals surface area (Å²) < 4.78 is 1.66. The molecule has 0 radical (unpaired) electrons. The van der Waals surface area contributed by atoms with E-state index in [-0.39, 0.29) is 0 Å². The average molecular weight is 177 g/mol. The van der Waals surface area contributed by atoms with Gasteiger partial charge in [-0.05, 0) is 18.6 Å². The third-order valence-electron chi connectivity index (χ3n) is 1.86. The zero-order chi connectivity index (χ0) is 9.84. The minimum atomic E-state index is -0.903. The van der Waals surface area contributed by atoms with Crippen LogP contribution in [0.1, 0.15) is 22.5 Å². The lowest BCUT2D eigenvalue weighted by molar-refractivity contribution is 0.0684. The molecule has 0 aromatic carbocycles. The Morgan fingerprint density at radius 3 is 3.00 bits per heavy atom. The predicted molar refractivity (Wildman–Crippen MR) is 49.6 cm³/mol. The van der Waals surface area contributed by atoms with Gasteiger partial charge >= 0.3 is 5.97 Å². The van der Waals surface area contributed by atoms with Crippen LogP contribution in [-0.2, 0) is 6.54 Å². The van der Waals surface area contributed by atoms with Crippen LogP contribution >= 0.6 is 0 Å². The number of aromatic nitrogens is 1. The first kappa shape index (κ1) is 9.40. The molecular weight excluding hydrogens is 166 g/mol. The van der Waals surface area contributed by atoms with E-state index in [1.807, 2.05) is 0 Å². The van der Waals surface area contributed by atoms with Gasteiger partial charge in [-0.25, -0.2) is 4.79 Å². The molecule has 1 heterocycles. The molecule has 0 atom stereocenters. The molecule has 0 aliphatic carbocycles. The van der Waals surface area contributed by atoms with Gasteiger partial charge in [-0.2, -0.15) is 0 Å². The molecule has 0 amide bonds. The quantitative estimate of drug-likeness (QED) is 0.711. The van der Waals surface area contributed by atoms with Gasteiger partial charge in [-0.3, -0.25) is 0 Å². The molecule has 3 nitrogen and oxygen atoms in total. The lowest BCUT2D eigenvalue weighted by atomic mass is 10.3. The topological polar surface area (TPSA) is 42.2 Å². The summed E-state index contributed by atoms with van der Waals surface area (Å²) in [4.78, 5) is 10.8. The highest BCUT2D eigenvalue weighted by molar-refractivity contribution is 5.87. The number of terminal acetylenes is 1. The summed E-state index contributed by atoms with van der Waals surface area (Å²) in [6.45, 7) is 2.34. The number of aromatic carboxylic acids is 1. The molecule has 0 saturated carbocycles. The Morgan fingerprint density at radius 1 is 1.77 bits per heavy atom. The Kier molecular flexibility index (Phi) is 2.76. The van der Waals surface area contributed by atoms with E-state index in [0.29, 0.717) is 18.7 Å². The van der Waals surface area contributed by atoms with E-state index in [9.17, 15) is 4.79 Å². The van der Waals surface area contributed by atoms with Gasteiger partial charge in [0, 0.05) is 19.2 Å². The number of aryl methyl sites for hydroxylation is 2. The van der Waals surface area contributed by atoms with Crippen molar-refractivity contribution in [1.29, 1.82) is 0 Å². The van der Waals surface area contributed by atoms with Crippen LogP contribution in [0.5, 0.6) is 0 Å². The van der Waals surface area contributed by atoms with Crippen molar-refractivity contribution in [3.8, 4) is 12.3 Å². The molecule has 1 rings (SSSR count). The van der Waals surface area contributed by atoms with Crippen LogP contribution < -0.4 is 0 Å². The van der Waals surface area contributed by atoms with Crippen molar-refractivity contribution >= 4 is 5.97 Å². The second kappa shape index (κ2) is 3.81. The maximum Gasteiger partial charge on any atom is 0.352 e. The van der Waals surface area contributed by atoms with Crippen molar-refractivity contribution in [3.63, 3.8) is 0 Å². The standard InChI is InChI=1S/C10H11NO2/c1-3-4-6-11-7-5-8(2)9(11)10(12)13/h1,5,7H,4,6H2,2H3,(H,12,13). The second-order valence-electron chi connectivity index (χ2n) is 2.80. The molecule has 1 aromatic heterocycles. The largest absolute Gasteiger partial charge is 0.477 e. The van der Waals surface area contributed by atoms with E-state index in [2.05, 4.69) is 5.92 Å². The highest BCUT2D eigenvalue weighted by Gasteiger charge is 2.11. The molecule has 0 aliphatic rings. The van der Waals surface area contributed by atoms with E-state index < -0.39 is 5.97 Å². The Morgan fingerprint density at radius 2 is 2.46 bits per heavy atom. The van der Waals surface area contributed by atoms with Crippen molar-refractivity contribution in [2.24, 2.45) is 0 Å². The van der Waals surface area contributed by atoms with Crippen LogP contribution in [0.25, 0.3) is 0 Å². The van der Waals surface area contributed by atoms with Crippen LogP contribution in [0.3, 0.4) is 0 Å². The van der Waals surface area contributed by atoms with Gasteiger partial charge < -0.3 is 9.67 Å². The number of carbonyl (C=O) groups is 1. The Bertz CT molecular complexity index is 357. The summed E-state index contributed by atoms with van der Waals surface area (Å²) in [6, 6.07) is 1.78. The number of nitrogens with zero attached hydrogens (tertiary/aromatic N) is 1. The minimum absolute atomic E-state index is 0.329. The first-order chi connectivity index (χ1) is 6.16. The normalized spacial score (nSPS) is 9.54. The second-order valence-corrected chi connectivity index (χ2v) is 2.80. The third-order valence-corrected chi connectivity index (χ3v) is 1.86. The Labute approximate surface area is 77.0 Å². The van der Waals surface area contributed by atoms with Gasteiger partial charge in [0.2, 0.25) is 0 Å². The number of carboxylic acid groups (broad SMARTS) is 1. The van der Waals surface area contributed by atoms with E-state index in [1.165, 1.54) is 0 Å². The summed E-state index contributed by atoms with van der Waals surface area (Å²) in [5.74, 6) is 1.57. The first-order valence-corrected chi connectivity index (χ1v) is 3.99. The summed E-state index contributed by atoms with van der Waals surface area (Å²) in [7, 11) is 0. The fourth-order valence-electron chi connectivity index (χ4n) is 1.24. The SMILES string of the molecule is C#CCCn1ccc(C)c1C(=O)O. The van der Waals surface area contributed by atoms with Gasteiger partial charge in [0.25, 0.3) is 0 Å². The average Bonchev–Trinajstić information content (AvgIpc) is 2.43. The minimum Gasteiger partial charge on any atom is -0.477 e. The number of rotatable bonds is 3. The van der Waals surface area contributed by atoms with Crippen LogP contribution in [0.4, 0.5) is 0 Å². The summed E-state index contributed by atoms with van der Waals surface area (Å²) >= 11 is 0. The van der Waals surface area contributed by atoms with Crippen molar-refractivity contribution in [2.45, 2.75) is 19.9 Å². The van der Waals surface area contributed by atoms with Crippen LogP contribution in [0.15, 0.2) is 12.3 Å². The monoisotopic (exact) mass is 177 g/mol. The smallest absolute Gasteiger partial charge is 0.352 e. The molecule has 68 valence electrons. The van der Waals surface area contributed by atoms with Crippen molar-refractivity contribution in [1.82, 2.24) is 4.57 Å². The Balaban J connectivity index is 2.95. The highest BCUT2D eigenvalue weighted by Crippen LogP contribution is 2.10. The van der Waals surface area contributed by atoms with Crippen LogP contribution in [0.2, 0.25) is 0 Å². The van der Waals surface area contributed by atoms with Gasteiger partial charge in [-0.15, -0.1) is 12.3 Å². The molecule has 0 bridgehead atoms. The molecule has 0 unspecified atom stereocenters. The van der Waals surface area contributed by atoms with Crippen LogP contribution in [-0.4, -0.2) is 15.6 Å². The van der Waals surface area contributed by atoms with Crippen molar-refractivity contribution in [3.05, 3.63) is 23.5 Å². The van der Waals surface area contributed by atoms with E-state index in [1.54, 1.807) is 23.8 Å².